The van der Waals surface area contributed by atoms with Gasteiger partial charge in [0.25, 0.3) is 5.91 Å². The van der Waals surface area contributed by atoms with Crippen molar-refractivity contribution in [2.45, 2.75) is 0 Å². The summed E-state index contributed by atoms with van der Waals surface area (Å²) in [6, 6.07) is 7.43. The molecule has 0 bridgehead atoms. The summed E-state index contributed by atoms with van der Waals surface area (Å²) >= 11 is 1.39. The summed E-state index contributed by atoms with van der Waals surface area (Å²) in [4.78, 5) is 16.4. The third kappa shape index (κ3) is 1.65. The lowest BCUT2D eigenvalue weighted by Gasteiger charge is -1.93. The lowest BCUT2D eigenvalue weighted by Crippen LogP contribution is -2.07. The molecular formula is C10H8N2OS. The molecule has 4 heteroatoms. The predicted molar refractivity (Wildman–Crippen MR) is 56.1 cm³/mol. The number of carbonyl (C=O) groups is 1. The molecule has 0 aromatic carbocycles. The molecule has 1 amide bonds. The molecule has 2 rings (SSSR count). The van der Waals surface area contributed by atoms with Gasteiger partial charge in [-0.2, -0.15) is 0 Å². The number of amides is 1. The maximum atomic E-state index is 10.9. The van der Waals surface area contributed by atoms with E-state index in [0.717, 1.165) is 10.4 Å². The van der Waals surface area contributed by atoms with Crippen LogP contribution < -0.4 is 5.73 Å². The van der Waals surface area contributed by atoms with Crippen molar-refractivity contribution in [3.63, 3.8) is 0 Å². The van der Waals surface area contributed by atoms with E-state index in [1.807, 2.05) is 18.2 Å². The molecular weight excluding hydrogens is 196 g/mol. The Kier molecular flexibility index (Phi) is 2.28. The van der Waals surface area contributed by atoms with Crippen LogP contribution in [-0.2, 0) is 0 Å². The molecule has 2 aromatic rings. The fraction of sp³-hybridized carbons (Fsp3) is 0. The molecule has 0 saturated carbocycles. The van der Waals surface area contributed by atoms with Crippen molar-refractivity contribution in [3.05, 3.63) is 41.5 Å². The molecule has 0 aliphatic heterocycles. The number of pyridine rings is 1. The lowest BCUT2D eigenvalue weighted by molar-refractivity contribution is 0.100. The molecule has 0 unspecified atom stereocenters. The number of thiophene rings is 1. The highest BCUT2D eigenvalue weighted by molar-refractivity contribution is 7.17. The molecule has 70 valence electrons. The van der Waals surface area contributed by atoms with Gasteiger partial charge in [0.1, 0.15) is 0 Å². The highest BCUT2D eigenvalue weighted by Crippen LogP contribution is 2.26. The Hall–Kier alpha value is -1.68. The Morgan fingerprint density at radius 1 is 1.21 bits per heavy atom. The van der Waals surface area contributed by atoms with Crippen LogP contribution in [0.1, 0.15) is 9.67 Å². The number of carbonyl (C=O) groups excluding carboxylic acids is 1. The van der Waals surface area contributed by atoms with E-state index in [-0.39, 0.29) is 5.91 Å². The maximum Gasteiger partial charge on any atom is 0.258 e. The quantitative estimate of drug-likeness (QED) is 0.812. The fourth-order valence-electron chi connectivity index (χ4n) is 1.14. The molecule has 0 saturated heterocycles. The third-order valence-electron chi connectivity index (χ3n) is 1.81. The zero-order valence-electron chi connectivity index (χ0n) is 7.31. The van der Waals surface area contributed by atoms with Crippen molar-refractivity contribution in [2.24, 2.45) is 5.73 Å². The average Bonchev–Trinajstić information content (AvgIpc) is 2.68. The zero-order valence-corrected chi connectivity index (χ0v) is 8.12. The van der Waals surface area contributed by atoms with Crippen LogP contribution in [0.5, 0.6) is 0 Å². The van der Waals surface area contributed by atoms with Gasteiger partial charge < -0.3 is 5.73 Å². The van der Waals surface area contributed by atoms with Crippen LogP contribution >= 0.6 is 11.3 Å². The monoisotopic (exact) mass is 204 g/mol. The minimum Gasteiger partial charge on any atom is -0.365 e. The summed E-state index contributed by atoms with van der Waals surface area (Å²) in [5.41, 5.74) is 6.22. The SMILES string of the molecule is NC(=O)c1ccc(-c2ccncc2)s1. The molecule has 0 fully saturated rings. The van der Waals surface area contributed by atoms with Gasteiger partial charge >= 0.3 is 0 Å². The fourth-order valence-corrected chi connectivity index (χ4v) is 2.01. The van der Waals surface area contributed by atoms with Gasteiger partial charge in [0.15, 0.2) is 0 Å². The van der Waals surface area contributed by atoms with Crippen LogP contribution in [0.25, 0.3) is 10.4 Å². The number of rotatable bonds is 2. The highest BCUT2D eigenvalue weighted by atomic mass is 32.1. The van der Waals surface area contributed by atoms with Gasteiger partial charge in [0.2, 0.25) is 0 Å². The number of aromatic nitrogens is 1. The first-order valence-corrected chi connectivity index (χ1v) is 4.89. The minimum absolute atomic E-state index is 0.379. The normalized spacial score (nSPS) is 10.0. The molecule has 14 heavy (non-hydrogen) atoms. The van der Waals surface area contributed by atoms with Gasteiger partial charge in [0.05, 0.1) is 4.88 Å². The van der Waals surface area contributed by atoms with Crippen molar-refractivity contribution < 1.29 is 4.79 Å². The number of hydrogen-bond acceptors (Lipinski definition) is 3. The highest BCUT2D eigenvalue weighted by Gasteiger charge is 2.05. The Labute approximate surface area is 85.2 Å². The van der Waals surface area contributed by atoms with E-state index < -0.39 is 0 Å². The van der Waals surface area contributed by atoms with Gasteiger partial charge in [-0.25, -0.2) is 0 Å². The Morgan fingerprint density at radius 2 is 1.93 bits per heavy atom. The lowest BCUT2D eigenvalue weighted by atomic mass is 10.2. The summed E-state index contributed by atoms with van der Waals surface area (Å²) in [7, 11) is 0. The number of primary amides is 1. The van der Waals surface area contributed by atoms with Crippen molar-refractivity contribution in [3.8, 4) is 10.4 Å². The van der Waals surface area contributed by atoms with Gasteiger partial charge in [-0.3, -0.25) is 9.78 Å². The van der Waals surface area contributed by atoms with Gasteiger partial charge in [0, 0.05) is 17.3 Å². The second-order valence-electron chi connectivity index (χ2n) is 2.76. The van der Waals surface area contributed by atoms with Gasteiger partial charge in [-0.05, 0) is 29.8 Å². The Morgan fingerprint density at radius 3 is 2.50 bits per heavy atom. The van der Waals surface area contributed by atoms with Crippen LogP contribution in [0.15, 0.2) is 36.7 Å². The Balaban J connectivity index is 2.39. The van der Waals surface area contributed by atoms with Crippen molar-refractivity contribution in [1.29, 1.82) is 0 Å². The van der Waals surface area contributed by atoms with Gasteiger partial charge in [-0.1, -0.05) is 0 Å². The summed E-state index contributed by atoms with van der Waals surface area (Å²) < 4.78 is 0. The predicted octanol–water partition coefficient (Wildman–Crippen LogP) is 1.91. The topological polar surface area (TPSA) is 56.0 Å². The smallest absolute Gasteiger partial charge is 0.258 e. The van der Waals surface area contributed by atoms with Crippen LogP contribution in [-0.4, -0.2) is 10.9 Å². The summed E-state index contributed by atoms with van der Waals surface area (Å²) in [6.45, 7) is 0. The molecule has 2 N–H and O–H groups in total. The van der Waals surface area contributed by atoms with Crippen LogP contribution in [0.2, 0.25) is 0 Å². The molecule has 0 aliphatic rings. The zero-order chi connectivity index (χ0) is 9.97. The number of nitrogens with zero attached hydrogens (tertiary/aromatic N) is 1. The maximum absolute atomic E-state index is 10.9. The molecule has 0 aliphatic carbocycles. The molecule has 2 heterocycles. The van der Waals surface area contributed by atoms with Crippen molar-refractivity contribution in [1.82, 2.24) is 4.98 Å². The summed E-state index contributed by atoms with van der Waals surface area (Å²) in [5, 5.41) is 0. The Bertz CT molecular complexity index is 450. The average molecular weight is 204 g/mol. The molecule has 0 atom stereocenters. The van der Waals surface area contributed by atoms with Crippen LogP contribution in [0.4, 0.5) is 0 Å². The van der Waals surface area contributed by atoms with E-state index in [1.165, 1.54) is 11.3 Å². The second kappa shape index (κ2) is 3.59. The van der Waals surface area contributed by atoms with Crippen LogP contribution in [0, 0.1) is 0 Å². The standard InChI is InChI=1S/C10H8N2OS/c11-10(13)9-2-1-8(14-9)7-3-5-12-6-4-7/h1-6H,(H2,11,13). The van der Waals surface area contributed by atoms with E-state index in [0.29, 0.717) is 4.88 Å². The number of nitrogens with two attached hydrogens (primary N) is 1. The first kappa shape index (κ1) is 8.90. The summed E-state index contributed by atoms with van der Waals surface area (Å²) in [6.07, 6.45) is 3.44. The molecule has 0 radical (unpaired) electrons. The van der Waals surface area contributed by atoms with E-state index in [4.69, 9.17) is 5.73 Å². The summed E-state index contributed by atoms with van der Waals surface area (Å²) in [5.74, 6) is -0.379. The van der Waals surface area contributed by atoms with Gasteiger partial charge in [-0.15, -0.1) is 11.3 Å². The first-order valence-electron chi connectivity index (χ1n) is 4.07. The largest absolute Gasteiger partial charge is 0.365 e. The van der Waals surface area contributed by atoms with E-state index in [1.54, 1.807) is 18.5 Å². The minimum atomic E-state index is -0.379. The second-order valence-corrected chi connectivity index (χ2v) is 3.85. The first-order chi connectivity index (χ1) is 6.77. The van der Waals surface area contributed by atoms with E-state index >= 15 is 0 Å². The molecule has 3 nitrogen and oxygen atoms in total. The molecule has 0 spiro atoms. The van der Waals surface area contributed by atoms with Crippen LogP contribution in [0.3, 0.4) is 0 Å². The number of hydrogen-bond donors (Lipinski definition) is 1. The van der Waals surface area contributed by atoms with E-state index in [2.05, 4.69) is 4.98 Å². The van der Waals surface area contributed by atoms with Crippen molar-refractivity contribution >= 4 is 17.2 Å². The van der Waals surface area contributed by atoms with Crippen molar-refractivity contribution in [2.75, 3.05) is 0 Å². The van der Waals surface area contributed by atoms with E-state index in [9.17, 15) is 4.79 Å². The molecule has 2 aromatic heterocycles. The third-order valence-corrected chi connectivity index (χ3v) is 2.96.